The molecule has 3 heteroatoms. The highest BCUT2D eigenvalue weighted by Crippen LogP contribution is 2.05. The van der Waals surface area contributed by atoms with E-state index < -0.39 is 0 Å². The molecule has 0 heterocycles. The van der Waals surface area contributed by atoms with Crippen molar-refractivity contribution in [1.82, 2.24) is 4.97 Å². The first-order valence-corrected chi connectivity index (χ1v) is 2.53. The zero-order valence-corrected chi connectivity index (χ0v) is 4.58. The second kappa shape index (κ2) is 6.05. The van der Waals surface area contributed by atoms with Gasteiger partial charge in [0.1, 0.15) is 4.97 Å². The molecule has 8 heavy (non-hydrogen) atoms. The number of nitroso groups, excluding NO2 is 1. The minimum atomic E-state index is 1.25. The summed E-state index contributed by atoms with van der Waals surface area (Å²) in [6.45, 7) is 0. The fourth-order valence-electron chi connectivity index (χ4n) is 0.589. The van der Waals surface area contributed by atoms with E-state index in [4.69, 9.17) is 10.4 Å². The van der Waals surface area contributed by atoms with Crippen LogP contribution >= 0.6 is 0 Å². The molecule has 3 nitrogen and oxygen atoms in total. The lowest BCUT2D eigenvalue weighted by Crippen LogP contribution is -1.50. The van der Waals surface area contributed by atoms with Crippen LogP contribution in [0.3, 0.4) is 0 Å². The first-order chi connectivity index (χ1) is 3.91. The van der Waals surface area contributed by atoms with E-state index in [9.17, 15) is 0 Å². The van der Waals surface area contributed by atoms with Crippen molar-refractivity contribution in [3.05, 3.63) is 22.6 Å². The Balaban J connectivity index is 0.000000145. The van der Waals surface area contributed by atoms with Crippen LogP contribution in [-0.4, -0.2) is 0 Å². The zero-order valence-electron chi connectivity index (χ0n) is 4.58. The molecule has 0 saturated carbocycles. The topological polar surface area (TPSA) is 53.5 Å². The van der Waals surface area contributed by atoms with Crippen LogP contribution in [0.4, 0.5) is 0 Å². The standard InChI is InChI=1S/C5H8.N2O/c1-2-4-5-3-1;1-2-3/h1-2H,3-5H2;. The molecule has 0 bridgehead atoms. The molecule has 0 aromatic carbocycles. The first kappa shape index (κ1) is 7.05. The molecule has 0 aliphatic heterocycles. The summed E-state index contributed by atoms with van der Waals surface area (Å²) in [5.74, 6) is 0. The van der Waals surface area contributed by atoms with Gasteiger partial charge in [-0.05, 0) is 19.3 Å². The molecule has 1 aliphatic rings. The molecule has 0 unspecified atom stereocenters. The lowest BCUT2D eigenvalue weighted by atomic mass is 10.4. The van der Waals surface area contributed by atoms with Crippen LogP contribution in [0.25, 0.3) is 5.53 Å². The van der Waals surface area contributed by atoms with Gasteiger partial charge in [0.25, 0.3) is 0 Å². The molecule has 0 spiro atoms. The summed E-state index contributed by atoms with van der Waals surface area (Å²) >= 11 is 0. The SMILES string of the molecule is C1=CCCC1.[N-]=[N+]=O. The Hall–Kier alpha value is -0.950. The van der Waals surface area contributed by atoms with E-state index >= 15 is 0 Å². The largest absolute Gasteiger partial charge is 0.294 e. The smallest absolute Gasteiger partial charge is 0.151 e. The lowest BCUT2D eigenvalue weighted by molar-refractivity contribution is 0.929. The van der Waals surface area contributed by atoms with Crippen LogP contribution in [0.5, 0.6) is 0 Å². The van der Waals surface area contributed by atoms with Crippen molar-refractivity contribution in [2.75, 3.05) is 0 Å². The number of rotatable bonds is 0. The number of hydrogen-bond donors (Lipinski definition) is 0. The van der Waals surface area contributed by atoms with Gasteiger partial charge in [-0.2, -0.15) is 0 Å². The van der Waals surface area contributed by atoms with Gasteiger partial charge in [-0.25, -0.2) is 0 Å². The molecule has 0 aromatic rings. The van der Waals surface area contributed by atoms with Crippen molar-refractivity contribution in [2.45, 2.75) is 19.3 Å². The second-order valence-corrected chi connectivity index (χ2v) is 1.48. The van der Waals surface area contributed by atoms with E-state index in [1.807, 2.05) is 0 Å². The molecule has 44 valence electrons. The van der Waals surface area contributed by atoms with Crippen molar-refractivity contribution in [1.29, 1.82) is 0 Å². The lowest BCUT2D eigenvalue weighted by Gasteiger charge is -1.69. The highest BCUT2D eigenvalue weighted by atomic mass is 16.2. The predicted molar refractivity (Wildman–Crippen MR) is 31.9 cm³/mol. The van der Waals surface area contributed by atoms with E-state index in [0.29, 0.717) is 0 Å². The van der Waals surface area contributed by atoms with Crippen molar-refractivity contribution >= 4 is 0 Å². The Labute approximate surface area is 47.9 Å². The highest BCUT2D eigenvalue weighted by molar-refractivity contribution is 4.88. The minimum absolute atomic E-state index is 1.25. The van der Waals surface area contributed by atoms with Gasteiger partial charge in [-0.15, -0.1) is 0 Å². The number of nitrogens with zero attached hydrogens (tertiary/aromatic N) is 2. The average Bonchev–Trinajstić information content (AvgIpc) is 2.17. The first-order valence-electron chi connectivity index (χ1n) is 2.53. The predicted octanol–water partition coefficient (Wildman–Crippen LogP) is 1.57. The van der Waals surface area contributed by atoms with Gasteiger partial charge in [-0.1, -0.05) is 12.2 Å². The molecule has 0 fully saturated rings. The van der Waals surface area contributed by atoms with Crippen molar-refractivity contribution in [2.24, 2.45) is 0 Å². The Bertz CT molecular complexity index is 97.0. The van der Waals surface area contributed by atoms with E-state index in [0.717, 1.165) is 0 Å². The molecule has 1 rings (SSSR count). The highest BCUT2D eigenvalue weighted by Gasteiger charge is 1.84. The summed E-state index contributed by atoms with van der Waals surface area (Å²) in [6.07, 6.45) is 8.50. The van der Waals surface area contributed by atoms with E-state index in [-0.39, 0.29) is 0 Å². The van der Waals surface area contributed by atoms with Crippen LogP contribution in [0.15, 0.2) is 12.2 Å². The fraction of sp³-hybridized carbons (Fsp3) is 0.600. The Morgan fingerprint density at radius 1 is 1.38 bits per heavy atom. The van der Waals surface area contributed by atoms with Crippen molar-refractivity contribution in [3.8, 4) is 0 Å². The molecular formula is C5H8N2O. The van der Waals surface area contributed by atoms with Crippen LogP contribution in [0.2, 0.25) is 0 Å². The normalized spacial score (nSPS) is 14.0. The summed E-state index contributed by atoms with van der Waals surface area (Å²) in [6, 6.07) is 0. The number of hydrogen-bond acceptors (Lipinski definition) is 1. The summed E-state index contributed by atoms with van der Waals surface area (Å²) in [4.78, 5) is 9.36. The van der Waals surface area contributed by atoms with Gasteiger partial charge >= 0.3 is 0 Å². The van der Waals surface area contributed by atoms with E-state index in [1.54, 1.807) is 0 Å². The van der Waals surface area contributed by atoms with Crippen molar-refractivity contribution < 1.29 is 0 Å². The van der Waals surface area contributed by atoms with Crippen LogP contribution in [-0.2, 0) is 0 Å². The summed E-state index contributed by atoms with van der Waals surface area (Å²) in [5, 5.41) is 0. The summed E-state index contributed by atoms with van der Waals surface area (Å²) in [5.41, 5.74) is 6.64. The van der Waals surface area contributed by atoms with Crippen LogP contribution in [0, 0.1) is 4.91 Å². The molecule has 0 aromatic heterocycles. The average molecular weight is 112 g/mol. The van der Waals surface area contributed by atoms with Gasteiger partial charge in [0, 0.05) is 0 Å². The van der Waals surface area contributed by atoms with Gasteiger partial charge in [0.2, 0.25) is 0 Å². The molecule has 0 N–H and O–H groups in total. The fourth-order valence-corrected chi connectivity index (χ4v) is 0.589. The second-order valence-electron chi connectivity index (χ2n) is 1.48. The Kier molecular flexibility index (Phi) is 5.33. The number of allylic oxidation sites excluding steroid dienone is 2. The minimum Gasteiger partial charge on any atom is -0.294 e. The maximum absolute atomic E-state index is 8.11. The molecule has 0 amide bonds. The summed E-state index contributed by atoms with van der Waals surface area (Å²) in [7, 11) is 0. The van der Waals surface area contributed by atoms with E-state index in [2.05, 4.69) is 12.2 Å². The van der Waals surface area contributed by atoms with Gasteiger partial charge in [-0.3, -0.25) is 5.53 Å². The van der Waals surface area contributed by atoms with Crippen LogP contribution in [0.1, 0.15) is 19.3 Å². The molecule has 1 aliphatic carbocycles. The third-order valence-electron chi connectivity index (χ3n) is 0.908. The zero-order chi connectivity index (χ0) is 6.24. The van der Waals surface area contributed by atoms with E-state index in [1.165, 1.54) is 24.2 Å². The molecule has 0 atom stereocenters. The maximum Gasteiger partial charge on any atom is 0.151 e. The maximum atomic E-state index is 8.11. The Morgan fingerprint density at radius 3 is 1.88 bits per heavy atom. The third-order valence-corrected chi connectivity index (χ3v) is 0.908. The van der Waals surface area contributed by atoms with Gasteiger partial charge in [0.15, 0.2) is 4.91 Å². The molecule has 0 saturated heterocycles. The van der Waals surface area contributed by atoms with Gasteiger partial charge in [0.05, 0.1) is 0 Å². The van der Waals surface area contributed by atoms with Gasteiger partial charge < -0.3 is 0 Å². The molecule has 0 radical (unpaired) electrons. The monoisotopic (exact) mass is 112 g/mol. The van der Waals surface area contributed by atoms with Crippen LogP contribution < -0.4 is 4.97 Å². The Morgan fingerprint density at radius 2 is 1.75 bits per heavy atom. The quantitative estimate of drug-likeness (QED) is 0.266. The third kappa shape index (κ3) is 5.05. The molecular weight excluding hydrogens is 104 g/mol. The van der Waals surface area contributed by atoms with Crippen molar-refractivity contribution in [3.63, 3.8) is 0 Å². The summed E-state index contributed by atoms with van der Waals surface area (Å²) < 4.78 is 0.